The van der Waals surface area contributed by atoms with Crippen molar-refractivity contribution in [3.8, 4) is 0 Å². The quantitative estimate of drug-likeness (QED) is 0.758. The van der Waals surface area contributed by atoms with Crippen LogP contribution in [0.4, 0.5) is 0 Å². The summed E-state index contributed by atoms with van der Waals surface area (Å²) in [5.41, 5.74) is 6.91. The number of rotatable bonds is 4. The molecular weight excluding hydrogens is 200 g/mol. The smallest absolute Gasteiger partial charge is 0.0621 e. The van der Waals surface area contributed by atoms with E-state index in [1.165, 1.54) is 0 Å². The van der Waals surface area contributed by atoms with E-state index < -0.39 is 0 Å². The van der Waals surface area contributed by atoms with Gasteiger partial charge in [0.2, 0.25) is 0 Å². The van der Waals surface area contributed by atoms with Gasteiger partial charge in [0.25, 0.3) is 0 Å². The summed E-state index contributed by atoms with van der Waals surface area (Å²) in [6, 6.07) is 0.229. The van der Waals surface area contributed by atoms with Gasteiger partial charge in [0, 0.05) is 18.5 Å². The van der Waals surface area contributed by atoms with Crippen LogP contribution >= 0.6 is 0 Å². The highest BCUT2D eigenvalue weighted by molar-refractivity contribution is 5.12. The van der Waals surface area contributed by atoms with Crippen LogP contribution in [0.2, 0.25) is 0 Å². The van der Waals surface area contributed by atoms with E-state index >= 15 is 0 Å². The van der Waals surface area contributed by atoms with Crippen LogP contribution in [0.1, 0.15) is 27.7 Å². The largest absolute Gasteiger partial charge is 0.379 e. The van der Waals surface area contributed by atoms with E-state index in [0.717, 1.165) is 32.2 Å². The van der Waals surface area contributed by atoms with Crippen LogP contribution in [0, 0.1) is 22.7 Å². The van der Waals surface area contributed by atoms with Crippen molar-refractivity contribution in [2.24, 2.45) is 28.4 Å². The zero-order chi connectivity index (χ0) is 12.0. The van der Waals surface area contributed by atoms with E-state index in [2.05, 4.69) is 33.0 Å². The molecule has 2 aliphatic rings. The lowest BCUT2D eigenvalue weighted by atomic mass is 10.0. The van der Waals surface area contributed by atoms with Gasteiger partial charge in [0.15, 0.2) is 0 Å². The first kappa shape index (κ1) is 12.3. The summed E-state index contributed by atoms with van der Waals surface area (Å²) in [6.07, 6.45) is 0. The minimum atomic E-state index is 0.229. The predicted molar refractivity (Wildman–Crippen MR) is 66.2 cm³/mol. The monoisotopic (exact) mass is 226 g/mol. The van der Waals surface area contributed by atoms with Crippen molar-refractivity contribution < 1.29 is 4.74 Å². The fraction of sp³-hybridized carbons (Fsp3) is 1.00. The van der Waals surface area contributed by atoms with Gasteiger partial charge in [0.05, 0.1) is 13.2 Å². The molecule has 1 aliphatic heterocycles. The predicted octanol–water partition coefficient (Wildman–Crippen LogP) is 1.23. The van der Waals surface area contributed by atoms with E-state index in [1.54, 1.807) is 0 Å². The Balaban J connectivity index is 1.70. The van der Waals surface area contributed by atoms with Crippen LogP contribution in [0.15, 0.2) is 0 Å². The maximum absolute atomic E-state index is 5.95. The molecule has 3 N–H and O–H groups in total. The van der Waals surface area contributed by atoms with Crippen molar-refractivity contribution in [2.45, 2.75) is 33.7 Å². The highest BCUT2D eigenvalue weighted by atomic mass is 16.5. The fourth-order valence-corrected chi connectivity index (χ4v) is 3.08. The van der Waals surface area contributed by atoms with E-state index in [1.807, 2.05) is 0 Å². The Hall–Kier alpha value is -0.120. The van der Waals surface area contributed by atoms with Crippen LogP contribution in [-0.4, -0.2) is 32.3 Å². The molecule has 0 aromatic carbocycles. The molecule has 16 heavy (non-hydrogen) atoms. The fourth-order valence-electron chi connectivity index (χ4n) is 3.08. The zero-order valence-electron chi connectivity index (χ0n) is 11.0. The molecule has 1 heterocycles. The van der Waals surface area contributed by atoms with Crippen molar-refractivity contribution in [3.05, 3.63) is 0 Å². The van der Waals surface area contributed by atoms with Gasteiger partial charge < -0.3 is 15.8 Å². The lowest BCUT2D eigenvalue weighted by molar-refractivity contribution is 0.183. The van der Waals surface area contributed by atoms with Crippen molar-refractivity contribution >= 4 is 0 Å². The molecule has 0 bridgehead atoms. The Morgan fingerprint density at radius 3 is 2.19 bits per heavy atom. The second-order valence-corrected chi connectivity index (χ2v) is 6.62. The first-order chi connectivity index (χ1) is 7.37. The second kappa shape index (κ2) is 3.97. The summed E-state index contributed by atoms with van der Waals surface area (Å²) in [5, 5.41) is 3.57. The van der Waals surface area contributed by atoms with Crippen molar-refractivity contribution in [2.75, 3.05) is 26.3 Å². The van der Waals surface area contributed by atoms with E-state index in [9.17, 15) is 0 Å². The lowest BCUT2D eigenvalue weighted by Gasteiger charge is -2.14. The highest BCUT2D eigenvalue weighted by Crippen LogP contribution is 2.67. The molecule has 0 spiro atoms. The molecule has 0 amide bonds. The minimum absolute atomic E-state index is 0.229. The number of ether oxygens (including phenoxy) is 1. The summed E-state index contributed by atoms with van der Waals surface area (Å²) in [6.45, 7) is 13.1. The standard InChI is InChI=1S/C13H26N2O/c1-12(2)11(13(12,3)4)6-15-5-9-7-16-8-10(9)14/h9-11,15H,5-8,14H2,1-4H3. The SMILES string of the molecule is CC1(C)C(CNCC2COCC2N)C1(C)C. The van der Waals surface area contributed by atoms with Crippen molar-refractivity contribution in [3.63, 3.8) is 0 Å². The number of nitrogens with one attached hydrogen (secondary N) is 1. The third-order valence-electron chi connectivity index (χ3n) is 5.32. The second-order valence-electron chi connectivity index (χ2n) is 6.62. The summed E-state index contributed by atoms with van der Waals surface area (Å²) in [4.78, 5) is 0. The number of hydrogen-bond acceptors (Lipinski definition) is 3. The maximum Gasteiger partial charge on any atom is 0.0621 e. The Morgan fingerprint density at radius 1 is 1.12 bits per heavy atom. The third-order valence-corrected chi connectivity index (χ3v) is 5.32. The molecule has 0 aromatic rings. The van der Waals surface area contributed by atoms with E-state index in [4.69, 9.17) is 10.5 Å². The van der Waals surface area contributed by atoms with Gasteiger partial charge >= 0.3 is 0 Å². The average Bonchev–Trinajstić information content (AvgIpc) is 2.52. The van der Waals surface area contributed by atoms with Crippen molar-refractivity contribution in [1.82, 2.24) is 5.32 Å². The number of nitrogens with two attached hydrogens (primary N) is 1. The summed E-state index contributed by atoms with van der Waals surface area (Å²) < 4.78 is 5.36. The summed E-state index contributed by atoms with van der Waals surface area (Å²) in [5.74, 6) is 1.29. The molecule has 3 nitrogen and oxygen atoms in total. The molecular formula is C13H26N2O. The normalized spacial score (nSPS) is 36.6. The van der Waals surface area contributed by atoms with E-state index in [-0.39, 0.29) is 6.04 Å². The Kier molecular flexibility index (Phi) is 3.06. The first-order valence-electron chi connectivity index (χ1n) is 6.41. The molecule has 2 atom stereocenters. The summed E-state index contributed by atoms with van der Waals surface area (Å²) in [7, 11) is 0. The van der Waals surface area contributed by atoms with Crippen LogP contribution < -0.4 is 11.1 Å². The average molecular weight is 226 g/mol. The van der Waals surface area contributed by atoms with Crippen LogP contribution in [0.3, 0.4) is 0 Å². The third kappa shape index (κ3) is 1.89. The van der Waals surface area contributed by atoms with Crippen molar-refractivity contribution in [1.29, 1.82) is 0 Å². The van der Waals surface area contributed by atoms with E-state index in [0.29, 0.717) is 16.7 Å². The zero-order valence-corrected chi connectivity index (χ0v) is 11.0. The first-order valence-corrected chi connectivity index (χ1v) is 6.41. The molecule has 1 aliphatic carbocycles. The van der Waals surface area contributed by atoms with Crippen LogP contribution in [0.5, 0.6) is 0 Å². The Morgan fingerprint density at radius 2 is 1.75 bits per heavy atom. The topological polar surface area (TPSA) is 47.3 Å². The Labute approximate surface area is 99.1 Å². The molecule has 1 saturated carbocycles. The molecule has 2 rings (SSSR count). The van der Waals surface area contributed by atoms with Gasteiger partial charge in [-0.3, -0.25) is 0 Å². The van der Waals surface area contributed by atoms with Gasteiger partial charge in [0.1, 0.15) is 0 Å². The summed E-state index contributed by atoms with van der Waals surface area (Å²) >= 11 is 0. The molecule has 3 heteroatoms. The highest BCUT2D eigenvalue weighted by Gasteiger charge is 2.63. The van der Waals surface area contributed by atoms with Crippen LogP contribution in [0.25, 0.3) is 0 Å². The molecule has 94 valence electrons. The number of hydrogen-bond donors (Lipinski definition) is 2. The van der Waals surface area contributed by atoms with Gasteiger partial charge in [-0.25, -0.2) is 0 Å². The minimum Gasteiger partial charge on any atom is -0.379 e. The molecule has 0 aromatic heterocycles. The van der Waals surface area contributed by atoms with Gasteiger partial charge in [-0.2, -0.15) is 0 Å². The Bertz CT molecular complexity index is 249. The lowest BCUT2D eigenvalue weighted by Crippen LogP contribution is -2.36. The maximum atomic E-state index is 5.95. The molecule has 2 fully saturated rings. The molecule has 1 saturated heterocycles. The molecule has 2 unspecified atom stereocenters. The van der Waals surface area contributed by atoms with Crippen LogP contribution in [-0.2, 0) is 4.74 Å². The molecule has 0 radical (unpaired) electrons. The van der Waals surface area contributed by atoms with Gasteiger partial charge in [-0.1, -0.05) is 27.7 Å². The van der Waals surface area contributed by atoms with Gasteiger partial charge in [-0.05, 0) is 23.3 Å². The van der Waals surface area contributed by atoms with Gasteiger partial charge in [-0.15, -0.1) is 0 Å².